The summed E-state index contributed by atoms with van der Waals surface area (Å²) in [6.45, 7) is 2.87. The molecule has 1 fully saturated rings. The van der Waals surface area contributed by atoms with E-state index in [0.717, 1.165) is 12.1 Å². The zero-order chi connectivity index (χ0) is 16.5. The standard InChI is InChI=1S/C13H14F3N3O2S/c1-9-8-18-4-5-19(9)22(20,21)11-2-3-12(13(14,15)16)10(6-11)7-17/h2-3,6,9,18H,4-5,8H2,1H3/t9-/m0/s1. The van der Waals surface area contributed by atoms with Gasteiger partial charge in [-0.05, 0) is 25.1 Å². The van der Waals surface area contributed by atoms with Crippen LogP contribution in [0, 0.1) is 11.3 Å². The predicted molar refractivity (Wildman–Crippen MR) is 72.4 cm³/mol. The Morgan fingerprint density at radius 1 is 1.41 bits per heavy atom. The molecule has 0 unspecified atom stereocenters. The van der Waals surface area contributed by atoms with Gasteiger partial charge in [0.2, 0.25) is 10.0 Å². The van der Waals surface area contributed by atoms with Crippen LogP contribution in [-0.4, -0.2) is 38.4 Å². The van der Waals surface area contributed by atoms with E-state index in [1.807, 2.05) is 0 Å². The Morgan fingerprint density at radius 3 is 2.64 bits per heavy atom. The summed E-state index contributed by atoms with van der Waals surface area (Å²) in [4.78, 5) is -0.300. The Kier molecular flexibility index (Phi) is 4.47. The van der Waals surface area contributed by atoms with E-state index in [1.54, 1.807) is 6.92 Å². The molecule has 1 heterocycles. The van der Waals surface area contributed by atoms with Crippen molar-refractivity contribution in [2.45, 2.75) is 24.0 Å². The van der Waals surface area contributed by atoms with E-state index in [0.29, 0.717) is 19.2 Å². The van der Waals surface area contributed by atoms with Crippen LogP contribution in [-0.2, 0) is 16.2 Å². The normalized spacial score (nSPS) is 20.6. The summed E-state index contributed by atoms with van der Waals surface area (Å²) in [7, 11) is -3.93. The minimum absolute atomic E-state index is 0.229. The molecule has 0 aliphatic carbocycles. The van der Waals surface area contributed by atoms with E-state index in [1.165, 1.54) is 10.4 Å². The fourth-order valence-electron chi connectivity index (χ4n) is 2.34. The number of nitrogens with one attached hydrogen (secondary N) is 1. The highest BCUT2D eigenvalue weighted by molar-refractivity contribution is 7.89. The number of piperazine rings is 1. The molecule has 2 rings (SSSR count). The first-order chi connectivity index (χ1) is 10.2. The van der Waals surface area contributed by atoms with Gasteiger partial charge in [0.25, 0.3) is 0 Å². The van der Waals surface area contributed by atoms with Crippen LogP contribution in [0.3, 0.4) is 0 Å². The molecule has 0 bridgehead atoms. The van der Waals surface area contributed by atoms with Crippen LogP contribution in [0.2, 0.25) is 0 Å². The summed E-state index contributed by atoms with van der Waals surface area (Å²) >= 11 is 0. The maximum absolute atomic E-state index is 12.8. The van der Waals surface area contributed by atoms with E-state index in [9.17, 15) is 21.6 Å². The minimum Gasteiger partial charge on any atom is -0.314 e. The first-order valence-corrected chi connectivity index (χ1v) is 7.96. The number of benzene rings is 1. The highest BCUT2D eigenvalue weighted by Gasteiger charge is 2.36. The molecule has 0 aromatic heterocycles. The van der Waals surface area contributed by atoms with Crippen molar-refractivity contribution in [1.82, 2.24) is 9.62 Å². The predicted octanol–water partition coefficient (Wildman–Crippen LogP) is 1.56. The minimum atomic E-state index is -4.70. The van der Waals surface area contributed by atoms with E-state index in [2.05, 4.69) is 5.32 Å². The van der Waals surface area contributed by atoms with Crippen LogP contribution in [0.15, 0.2) is 23.1 Å². The molecule has 0 radical (unpaired) electrons. The third kappa shape index (κ3) is 3.09. The Labute approximate surface area is 126 Å². The number of halogens is 3. The molecule has 1 aromatic rings. The first kappa shape index (κ1) is 16.7. The Morgan fingerprint density at radius 2 is 2.09 bits per heavy atom. The van der Waals surface area contributed by atoms with Crippen molar-refractivity contribution in [3.8, 4) is 6.07 Å². The fraction of sp³-hybridized carbons (Fsp3) is 0.462. The third-order valence-corrected chi connectivity index (χ3v) is 5.47. The number of sulfonamides is 1. The smallest absolute Gasteiger partial charge is 0.314 e. The number of rotatable bonds is 2. The monoisotopic (exact) mass is 333 g/mol. The molecule has 1 aliphatic rings. The van der Waals surface area contributed by atoms with Gasteiger partial charge >= 0.3 is 6.18 Å². The van der Waals surface area contributed by atoms with Gasteiger partial charge in [-0.25, -0.2) is 8.42 Å². The highest BCUT2D eigenvalue weighted by Crippen LogP contribution is 2.33. The van der Waals surface area contributed by atoms with Gasteiger partial charge in [-0.1, -0.05) is 0 Å². The summed E-state index contributed by atoms with van der Waals surface area (Å²) in [6.07, 6.45) is -4.70. The van der Waals surface area contributed by atoms with Gasteiger partial charge < -0.3 is 5.32 Å². The van der Waals surface area contributed by atoms with Crippen LogP contribution in [0.4, 0.5) is 13.2 Å². The average molecular weight is 333 g/mol. The summed E-state index contributed by atoms with van der Waals surface area (Å²) in [5, 5.41) is 11.9. The molecular weight excluding hydrogens is 319 g/mol. The lowest BCUT2D eigenvalue weighted by Crippen LogP contribution is -2.52. The van der Waals surface area contributed by atoms with Gasteiger partial charge in [0, 0.05) is 25.7 Å². The van der Waals surface area contributed by atoms with E-state index in [-0.39, 0.29) is 17.5 Å². The largest absolute Gasteiger partial charge is 0.417 e. The molecule has 1 atom stereocenters. The molecule has 22 heavy (non-hydrogen) atoms. The quantitative estimate of drug-likeness (QED) is 0.891. The highest BCUT2D eigenvalue weighted by atomic mass is 32.2. The van der Waals surface area contributed by atoms with E-state index < -0.39 is 27.3 Å². The summed E-state index contributed by atoms with van der Waals surface area (Å²) in [6, 6.07) is 3.42. The van der Waals surface area contributed by atoms with Crippen LogP contribution < -0.4 is 5.32 Å². The van der Waals surface area contributed by atoms with Crippen LogP contribution >= 0.6 is 0 Å². The lowest BCUT2D eigenvalue weighted by Gasteiger charge is -2.32. The second kappa shape index (κ2) is 5.87. The molecule has 120 valence electrons. The summed E-state index contributed by atoms with van der Waals surface area (Å²) in [5.74, 6) is 0. The number of alkyl halides is 3. The zero-order valence-electron chi connectivity index (χ0n) is 11.7. The Hall–Kier alpha value is -1.63. The molecule has 1 N–H and O–H groups in total. The molecule has 9 heteroatoms. The maximum atomic E-state index is 12.8. The second-order valence-corrected chi connectivity index (χ2v) is 6.88. The van der Waals surface area contributed by atoms with Crippen molar-refractivity contribution in [3.63, 3.8) is 0 Å². The number of hydrogen-bond donors (Lipinski definition) is 1. The summed E-state index contributed by atoms with van der Waals surface area (Å²) in [5.41, 5.74) is -1.83. The number of nitrogens with zero attached hydrogens (tertiary/aromatic N) is 2. The van der Waals surface area contributed by atoms with E-state index in [4.69, 9.17) is 5.26 Å². The average Bonchev–Trinajstić information content (AvgIpc) is 2.45. The van der Waals surface area contributed by atoms with Crippen molar-refractivity contribution < 1.29 is 21.6 Å². The molecule has 0 amide bonds. The van der Waals surface area contributed by atoms with Crippen molar-refractivity contribution >= 4 is 10.0 Å². The fourth-order valence-corrected chi connectivity index (χ4v) is 4.00. The van der Waals surface area contributed by atoms with Gasteiger partial charge in [0.05, 0.1) is 22.1 Å². The van der Waals surface area contributed by atoms with Crippen molar-refractivity contribution in [2.24, 2.45) is 0 Å². The Balaban J connectivity index is 2.47. The van der Waals surface area contributed by atoms with Gasteiger partial charge in [0.1, 0.15) is 0 Å². The molecule has 1 aliphatic heterocycles. The topological polar surface area (TPSA) is 73.2 Å². The lowest BCUT2D eigenvalue weighted by molar-refractivity contribution is -0.137. The van der Waals surface area contributed by atoms with Crippen molar-refractivity contribution in [2.75, 3.05) is 19.6 Å². The summed E-state index contributed by atoms with van der Waals surface area (Å²) < 4.78 is 64.6. The van der Waals surface area contributed by atoms with Crippen LogP contribution in [0.25, 0.3) is 0 Å². The molecule has 5 nitrogen and oxygen atoms in total. The van der Waals surface area contributed by atoms with Gasteiger partial charge in [-0.15, -0.1) is 0 Å². The molecule has 0 saturated carbocycles. The van der Waals surface area contributed by atoms with Crippen molar-refractivity contribution in [3.05, 3.63) is 29.3 Å². The number of hydrogen-bond acceptors (Lipinski definition) is 4. The second-order valence-electron chi connectivity index (χ2n) is 4.99. The van der Waals surface area contributed by atoms with Gasteiger partial charge in [-0.2, -0.15) is 22.7 Å². The van der Waals surface area contributed by atoms with Gasteiger partial charge in [0.15, 0.2) is 0 Å². The van der Waals surface area contributed by atoms with Crippen LogP contribution in [0.1, 0.15) is 18.1 Å². The molecule has 1 aromatic carbocycles. The molecular formula is C13H14F3N3O2S. The van der Waals surface area contributed by atoms with Crippen molar-refractivity contribution in [1.29, 1.82) is 5.26 Å². The van der Waals surface area contributed by atoms with Crippen LogP contribution in [0.5, 0.6) is 0 Å². The number of nitriles is 1. The van der Waals surface area contributed by atoms with Gasteiger partial charge in [-0.3, -0.25) is 0 Å². The zero-order valence-corrected chi connectivity index (χ0v) is 12.5. The molecule has 1 saturated heterocycles. The first-order valence-electron chi connectivity index (χ1n) is 6.52. The van der Waals surface area contributed by atoms with E-state index >= 15 is 0 Å². The third-order valence-electron chi connectivity index (χ3n) is 3.46. The SMILES string of the molecule is C[C@H]1CNCCN1S(=O)(=O)c1ccc(C(F)(F)F)c(C#N)c1. The maximum Gasteiger partial charge on any atom is 0.417 e. The molecule has 0 spiro atoms. The lowest BCUT2D eigenvalue weighted by atomic mass is 10.1. The Bertz CT molecular complexity index is 710.